The lowest BCUT2D eigenvalue weighted by Gasteiger charge is -2.23. The van der Waals surface area contributed by atoms with Gasteiger partial charge in [-0.3, -0.25) is 4.68 Å². The summed E-state index contributed by atoms with van der Waals surface area (Å²) in [5.74, 6) is 0.386. The second-order valence-corrected chi connectivity index (χ2v) is 7.77. The molecular weight excluding hydrogens is 338 g/mol. The summed E-state index contributed by atoms with van der Waals surface area (Å²) in [4.78, 5) is 15.7. The van der Waals surface area contributed by atoms with Gasteiger partial charge in [-0.15, -0.1) is 10.2 Å². The molecule has 0 aliphatic carbocycles. The van der Waals surface area contributed by atoms with Crippen LogP contribution >= 0.6 is 11.3 Å². The maximum Gasteiger partial charge on any atom is 0.319 e. The lowest BCUT2D eigenvalue weighted by atomic mass is 10.2. The van der Waals surface area contributed by atoms with Crippen molar-refractivity contribution in [1.29, 1.82) is 0 Å². The molecule has 0 unspecified atom stereocenters. The Kier molecular flexibility index (Phi) is 5.22. The van der Waals surface area contributed by atoms with Crippen molar-refractivity contribution in [1.82, 2.24) is 29.8 Å². The van der Waals surface area contributed by atoms with E-state index in [9.17, 15) is 4.79 Å². The summed E-state index contributed by atoms with van der Waals surface area (Å²) >= 11 is 1.58. The number of carbonyl (C=O) groups is 1. The second kappa shape index (κ2) is 7.38. The van der Waals surface area contributed by atoms with Crippen LogP contribution in [0.25, 0.3) is 0 Å². The van der Waals surface area contributed by atoms with Gasteiger partial charge in [0.1, 0.15) is 5.01 Å². The Labute approximate surface area is 151 Å². The fraction of sp³-hybridized carbons (Fsp3) is 0.625. The number of aromatic nitrogens is 4. The molecule has 2 aromatic rings. The lowest BCUT2D eigenvalue weighted by molar-refractivity contribution is 0.169. The van der Waals surface area contributed by atoms with Crippen molar-refractivity contribution in [3.8, 4) is 0 Å². The van der Waals surface area contributed by atoms with E-state index in [0.29, 0.717) is 19.0 Å². The minimum absolute atomic E-state index is 0.0457. The number of hydrogen-bond donors (Lipinski definition) is 1. The molecular formula is C16H25N7OS. The molecule has 0 bridgehead atoms. The van der Waals surface area contributed by atoms with Crippen LogP contribution in [-0.2, 0) is 19.6 Å². The number of nitrogens with zero attached hydrogens (tertiary/aromatic N) is 6. The molecule has 3 heterocycles. The van der Waals surface area contributed by atoms with Crippen LogP contribution in [-0.4, -0.2) is 56.4 Å². The van der Waals surface area contributed by atoms with Crippen LogP contribution in [0.15, 0.2) is 6.07 Å². The summed E-state index contributed by atoms with van der Waals surface area (Å²) in [5, 5.41) is 18.2. The largest absolute Gasteiger partial charge is 0.354 e. The van der Waals surface area contributed by atoms with Crippen molar-refractivity contribution in [3.63, 3.8) is 0 Å². The molecule has 136 valence electrons. The zero-order valence-electron chi connectivity index (χ0n) is 15.2. The van der Waals surface area contributed by atoms with E-state index in [2.05, 4.69) is 40.5 Å². The summed E-state index contributed by atoms with van der Waals surface area (Å²) in [6, 6.07) is 2.11. The number of carbonyl (C=O) groups excluding carboxylic acids is 1. The average molecular weight is 363 g/mol. The summed E-state index contributed by atoms with van der Waals surface area (Å²) in [6.07, 6.45) is 0.912. The molecule has 0 saturated carbocycles. The van der Waals surface area contributed by atoms with E-state index in [4.69, 9.17) is 0 Å². The van der Waals surface area contributed by atoms with Crippen LogP contribution in [0.3, 0.4) is 0 Å². The third kappa shape index (κ3) is 4.09. The summed E-state index contributed by atoms with van der Waals surface area (Å²) in [7, 11) is 3.57. The van der Waals surface area contributed by atoms with Crippen molar-refractivity contribution in [2.45, 2.75) is 45.8 Å². The third-order valence-electron chi connectivity index (χ3n) is 4.07. The van der Waals surface area contributed by atoms with Crippen LogP contribution in [0.1, 0.15) is 42.6 Å². The first-order chi connectivity index (χ1) is 11.9. The van der Waals surface area contributed by atoms with Crippen LogP contribution in [0.2, 0.25) is 0 Å². The highest BCUT2D eigenvalue weighted by molar-refractivity contribution is 7.15. The second-order valence-electron chi connectivity index (χ2n) is 6.76. The molecule has 2 aromatic heterocycles. The predicted octanol–water partition coefficient (Wildman–Crippen LogP) is 2.36. The number of aryl methyl sites for hydroxylation is 1. The van der Waals surface area contributed by atoms with Gasteiger partial charge in [0.25, 0.3) is 0 Å². The Morgan fingerprint density at radius 1 is 1.36 bits per heavy atom. The number of amides is 2. The highest BCUT2D eigenvalue weighted by Crippen LogP contribution is 2.23. The van der Waals surface area contributed by atoms with Crippen molar-refractivity contribution in [3.05, 3.63) is 22.5 Å². The first-order valence-electron chi connectivity index (χ1n) is 8.53. The molecule has 0 fully saturated rings. The number of anilines is 1. The maximum absolute atomic E-state index is 12.2. The van der Waals surface area contributed by atoms with Crippen molar-refractivity contribution in [2.75, 3.05) is 26.0 Å². The molecule has 1 aliphatic heterocycles. The lowest BCUT2D eigenvalue weighted by Crippen LogP contribution is -2.38. The monoisotopic (exact) mass is 363 g/mol. The van der Waals surface area contributed by atoms with E-state index in [1.165, 1.54) is 0 Å². The quantitative estimate of drug-likeness (QED) is 0.902. The number of fused-ring (bicyclic) bond motifs is 1. The normalized spacial score (nSPS) is 14.4. The minimum Gasteiger partial charge on any atom is -0.354 e. The number of hydrogen-bond acceptors (Lipinski definition) is 6. The first kappa shape index (κ1) is 17.7. The SMILES string of the molecule is CC(C)c1nnc(NCc2cc3n(n2)CCCN(C(=O)N(C)C)C3)s1. The van der Waals surface area contributed by atoms with E-state index < -0.39 is 0 Å². The molecule has 0 saturated heterocycles. The highest BCUT2D eigenvalue weighted by Gasteiger charge is 2.21. The van der Waals surface area contributed by atoms with Crippen molar-refractivity contribution < 1.29 is 4.79 Å². The molecule has 1 N–H and O–H groups in total. The van der Waals surface area contributed by atoms with E-state index in [0.717, 1.165) is 41.0 Å². The van der Waals surface area contributed by atoms with Gasteiger partial charge in [0.2, 0.25) is 5.13 Å². The molecule has 0 radical (unpaired) electrons. The van der Waals surface area contributed by atoms with E-state index in [-0.39, 0.29) is 6.03 Å². The standard InChI is InChI=1S/C16H25N7OS/c1-11(2)14-18-19-15(25-14)17-9-12-8-13-10-22(16(24)21(3)4)6-5-7-23(13)20-12/h8,11H,5-7,9-10H2,1-4H3,(H,17,19). The topological polar surface area (TPSA) is 79.2 Å². The number of nitrogens with one attached hydrogen (secondary N) is 1. The van der Waals surface area contributed by atoms with Crippen molar-refractivity contribution in [2.24, 2.45) is 0 Å². The molecule has 0 aromatic carbocycles. The molecule has 25 heavy (non-hydrogen) atoms. The van der Waals surface area contributed by atoms with Gasteiger partial charge >= 0.3 is 6.03 Å². The van der Waals surface area contributed by atoms with Gasteiger partial charge in [-0.25, -0.2) is 4.79 Å². The van der Waals surface area contributed by atoms with Crippen LogP contribution in [0.5, 0.6) is 0 Å². The molecule has 2 amide bonds. The van der Waals surface area contributed by atoms with E-state index >= 15 is 0 Å². The molecule has 0 spiro atoms. The fourth-order valence-corrected chi connectivity index (χ4v) is 3.50. The Hall–Kier alpha value is -2.16. The summed E-state index contributed by atoms with van der Waals surface area (Å²) < 4.78 is 2.01. The van der Waals surface area contributed by atoms with Crippen LogP contribution in [0.4, 0.5) is 9.93 Å². The minimum atomic E-state index is 0.0457. The van der Waals surface area contributed by atoms with Gasteiger partial charge in [0, 0.05) is 33.1 Å². The van der Waals surface area contributed by atoms with E-state index in [1.807, 2.05) is 9.58 Å². The zero-order valence-corrected chi connectivity index (χ0v) is 16.0. The fourth-order valence-electron chi connectivity index (χ4n) is 2.76. The Balaban J connectivity index is 1.65. The summed E-state index contributed by atoms with van der Waals surface area (Å²) in [6.45, 7) is 7.02. The first-order valence-corrected chi connectivity index (χ1v) is 9.35. The Morgan fingerprint density at radius 2 is 2.16 bits per heavy atom. The summed E-state index contributed by atoms with van der Waals surface area (Å²) in [5.41, 5.74) is 2.03. The number of rotatable bonds is 4. The van der Waals surface area contributed by atoms with Crippen LogP contribution in [0, 0.1) is 0 Å². The smallest absolute Gasteiger partial charge is 0.319 e. The van der Waals surface area contributed by atoms with Gasteiger partial charge in [-0.2, -0.15) is 5.10 Å². The van der Waals surface area contributed by atoms with Crippen molar-refractivity contribution >= 4 is 22.5 Å². The van der Waals surface area contributed by atoms with Crippen LogP contribution < -0.4 is 5.32 Å². The van der Waals surface area contributed by atoms with E-state index in [1.54, 1.807) is 30.3 Å². The molecule has 1 aliphatic rings. The third-order valence-corrected chi connectivity index (χ3v) is 5.25. The Bertz CT molecular complexity index is 737. The van der Waals surface area contributed by atoms with Gasteiger partial charge in [0.05, 0.1) is 24.5 Å². The highest BCUT2D eigenvalue weighted by atomic mass is 32.1. The predicted molar refractivity (Wildman–Crippen MR) is 97.7 cm³/mol. The zero-order chi connectivity index (χ0) is 18.0. The van der Waals surface area contributed by atoms with Gasteiger partial charge in [0.15, 0.2) is 0 Å². The molecule has 0 atom stereocenters. The molecule has 8 nitrogen and oxygen atoms in total. The average Bonchev–Trinajstić information content (AvgIpc) is 3.14. The number of urea groups is 1. The van der Waals surface area contributed by atoms with Gasteiger partial charge < -0.3 is 15.1 Å². The van der Waals surface area contributed by atoms with Gasteiger partial charge in [-0.05, 0) is 12.5 Å². The van der Waals surface area contributed by atoms with Gasteiger partial charge in [-0.1, -0.05) is 25.2 Å². The molecule has 9 heteroatoms. The Morgan fingerprint density at radius 3 is 2.84 bits per heavy atom. The molecule has 3 rings (SSSR count). The maximum atomic E-state index is 12.2.